The second-order valence-corrected chi connectivity index (χ2v) is 9.09. The molecule has 0 aromatic rings. The van der Waals surface area contributed by atoms with Gasteiger partial charge in [0.2, 0.25) is 5.91 Å². The predicted octanol–water partition coefficient (Wildman–Crippen LogP) is 1.50. The summed E-state index contributed by atoms with van der Waals surface area (Å²) in [6, 6.07) is -0.121. The Bertz CT molecular complexity index is 462. The molecule has 4 aliphatic rings. The molecule has 0 unspecified atom stereocenters. The van der Waals surface area contributed by atoms with Gasteiger partial charge in [-0.3, -0.25) is 4.79 Å². The lowest BCUT2D eigenvalue weighted by atomic mass is 9.53. The molecule has 0 spiro atoms. The van der Waals surface area contributed by atoms with Gasteiger partial charge in [-0.25, -0.2) is 4.79 Å². The molecule has 0 atom stereocenters. The van der Waals surface area contributed by atoms with Crippen molar-refractivity contribution >= 4 is 11.9 Å². The molecule has 6 nitrogen and oxygen atoms in total. The smallest absolute Gasteiger partial charge is 0.315 e. The zero-order valence-electron chi connectivity index (χ0n) is 15.0. The third-order valence-corrected chi connectivity index (χ3v) is 5.80. The maximum Gasteiger partial charge on any atom is 0.315 e. The third-order valence-electron chi connectivity index (χ3n) is 5.80. The van der Waals surface area contributed by atoms with Gasteiger partial charge >= 0.3 is 6.03 Å². The summed E-state index contributed by atoms with van der Waals surface area (Å²) in [5.41, 5.74) is 5.43. The Kier molecular flexibility index (Phi) is 4.78. The fourth-order valence-corrected chi connectivity index (χ4v) is 5.25. The van der Waals surface area contributed by atoms with Crippen molar-refractivity contribution in [2.45, 2.75) is 69.9 Å². The number of hydrogen-bond donors (Lipinski definition) is 4. The molecule has 6 heteroatoms. The van der Waals surface area contributed by atoms with Gasteiger partial charge < -0.3 is 21.7 Å². The number of rotatable bonds is 6. The molecule has 4 fully saturated rings. The SMILES string of the molecule is CC(C)(N)CNC(=O)CCNC(=O)NC12CC3CC(CC(C3)C1)C2. The fourth-order valence-electron chi connectivity index (χ4n) is 5.25. The number of nitrogens with one attached hydrogen (secondary N) is 3. The molecule has 0 aromatic heterocycles. The summed E-state index contributed by atoms with van der Waals surface area (Å²) in [6.07, 6.45) is 7.78. The average Bonchev–Trinajstić information content (AvgIpc) is 2.42. The molecule has 0 aromatic carbocycles. The van der Waals surface area contributed by atoms with Crippen molar-refractivity contribution in [2.75, 3.05) is 13.1 Å². The van der Waals surface area contributed by atoms with Crippen LogP contribution >= 0.6 is 0 Å². The maximum atomic E-state index is 12.3. The molecule has 136 valence electrons. The van der Waals surface area contributed by atoms with Crippen molar-refractivity contribution in [1.29, 1.82) is 0 Å². The molecule has 4 saturated carbocycles. The highest BCUT2D eigenvalue weighted by atomic mass is 16.2. The van der Waals surface area contributed by atoms with E-state index in [2.05, 4.69) is 16.0 Å². The van der Waals surface area contributed by atoms with Crippen molar-refractivity contribution in [3.63, 3.8) is 0 Å². The van der Waals surface area contributed by atoms with Gasteiger partial charge in [0.25, 0.3) is 0 Å². The van der Waals surface area contributed by atoms with Gasteiger partial charge in [0, 0.05) is 30.6 Å². The Hall–Kier alpha value is -1.30. The first-order chi connectivity index (χ1) is 11.2. The van der Waals surface area contributed by atoms with Crippen LogP contribution in [0.3, 0.4) is 0 Å². The molecule has 0 radical (unpaired) electrons. The first kappa shape index (κ1) is 17.5. The van der Waals surface area contributed by atoms with E-state index in [1.165, 1.54) is 19.3 Å². The number of amides is 3. The van der Waals surface area contributed by atoms with Crippen molar-refractivity contribution in [3.05, 3.63) is 0 Å². The number of hydrogen-bond acceptors (Lipinski definition) is 3. The van der Waals surface area contributed by atoms with E-state index in [1.54, 1.807) is 0 Å². The molecule has 5 N–H and O–H groups in total. The van der Waals surface area contributed by atoms with Crippen molar-refractivity contribution in [3.8, 4) is 0 Å². The molecule has 4 rings (SSSR count). The highest BCUT2D eigenvalue weighted by molar-refractivity contribution is 5.78. The van der Waals surface area contributed by atoms with Crippen LogP contribution in [-0.2, 0) is 4.79 Å². The number of carbonyl (C=O) groups excluding carboxylic acids is 2. The molecular formula is C18H32N4O2. The fraction of sp³-hybridized carbons (Fsp3) is 0.889. The minimum absolute atomic E-state index is 0.0185. The van der Waals surface area contributed by atoms with Gasteiger partial charge in [-0.05, 0) is 70.1 Å². The Morgan fingerprint density at radius 1 is 1.04 bits per heavy atom. The van der Waals surface area contributed by atoms with E-state index in [1.807, 2.05) is 13.8 Å². The monoisotopic (exact) mass is 336 g/mol. The Morgan fingerprint density at radius 2 is 1.58 bits per heavy atom. The number of nitrogens with two attached hydrogens (primary N) is 1. The van der Waals surface area contributed by atoms with Crippen molar-refractivity contribution < 1.29 is 9.59 Å². The first-order valence-electron chi connectivity index (χ1n) is 9.35. The standard InChI is InChI=1S/C18H32N4O2/c1-17(2,19)11-21-15(23)3-4-20-16(24)22-18-8-12-5-13(9-18)7-14(6-12)10-18/h12-14H,3-11,19H2,1-2H3,(H,21,23)(H2,20,22,24). The zero-order chi connectivity index (χ0) is 17.4. The van der Waals surface area contributed by atoms with Crippen molar-refractivity contribution in [2.24, 2.45) is 23.5 Å². The first-order valence-corrected chi connectivity index (χ1v) is 9.35. The quantitative estimate of drug-likeness (QED) is 0.592. The lowest BCUT2D eigenvalue weighted by molar-refractivity contribution is -0.121. The minimum Gasteiger partial charge on any atom is -0.354 e. The topological polar surface area (TPSA) is 96.2 Å². The van der Waals surface area contributed by atoms with E-state index in [0.29, 0.717) is 13.1 Å². The second kappa shape index (κ2) is 6.54. The second-order valence-electron chi connectivity index (χ2n) is 9.09. The van der Waals surface area contributed by atoms with Gasteiger partial charge in [0.1, 0.15) is 0 Å². The molecule has 4 aliphatic carbocycles. The largest absolute Gasteiger partial charge is 0.354 e. The molecule has 0 heterocycles. The lowest BCUT2D eigenvalue weighted by Crippen LogP contribution is -2.61. The summed E-state index contributed by atoms with van der Waals surface area (Å²) in [4.78, 5) is 24.0. The summed E-state index contributed by atoms with van der Waals surface area (Å²) in [6.45, 7) is 4.52. The summed E-state index contributed by atoms with van der Waals surface area (Å²) >= 11 is 0. The Balaban J connectivity index is 1.38. The van der Waals surface area contributed by atoms with Crippen LogP contribution in [0.4, 0.5) is 4.79 Å². The maximum absolute atomic E-state index is 12.3. The molecule has 4 bridgehead atoms. The van der Waals surface area contributed by atoms with Crippen LogP contribution in [0.2, 0.25) is 0 Å². The van der Waals surface area contributed by atoms with Gasteiger partial charge in [-0.2, -0.15) is 0 Å². The summed E-state index contributed by atoms with van der Waals surface area (Å²) in [7, 11) is 0. The summed E-state index contributed by atoms with van der Waals surface area (Å²) in [5.74, 6) is 2.34. The minimum atomic E-state index is -0.418. The molecule has 0 aliphatic heterocycles. The van der Waals surface area contributed by atoms with Crippen LogP contribution in [0.15, 0.2) is 0 Å². The summed E-state index contributed by atoms with van der Waals surface area (Å²) in [5, 5.41) is 8.88. The normalized spacial score (nSPS) is 34.0. The molecule has 24 heavy (non-hydrogen) atoms. The van der Waals surface area contributed by atoms with Crippen LogP contribution in [0, 0.1) is 17.8 Å². The van der Waals surface area contributed by atoms with Gasteiger partial charge in [-0.1, -0.05) is 0 Å². The van der Waals surface area contributed by atoms with Crippen LogP contribution in [0.5, 0.6) is 0 Å². The lowest BCUT2D eigenvalue weighted by Gasteiger charge is -2.56. The summed E-state index contributed by atoms with van der Waals surface area (Å²) < 4.78 is 0. The van der Waals surface area contributed by atoms with Crippen LogP contribution in [-0.4, -0.2) is 36.1 Å². The van der Waals surface area contributed by atoms with Gasteiger partial charge in [0.15, 0.2) is 0 Å². The van der Waals surface area contributed by atoms with Crippen LogP contribution in [0.25, 0.3) is 0 Å². The van der Waals surface area contributed by atoms with Crippen LogP contribution in [0.1, 0.15) is 58.8 Å². The van der Waals surface area contributed by atoms with E-state index in [4.69, 9.17) is 5.73 Å². The predicted molar refractivity (Wildman–Crippen MR) is 93.3 cm³/mol. The highest BCUT2D eigenvalue weighted by Crippen LogP contribution is 2.55. The average molecular weight is 336 g/mol. The molecule has 3 amide bonds. The van der Waals surface area contributed by atoms with Crippen LogP contribution < -0.4 is 21.7 Å². The zero-order valence-corrected chi connectivity index (χ0v) is 15.0. The molecule has 0 saturated heterocycles. The van der Waals surface area contributed by atoms with E-state index in [-0.39, 0.29) is 23.9 Å². The number of urea groups is 1. The van der Waals surface area contributed by atoms with E-state index >= 15 is 0 Å². The highest BCUT2D eigenvalue weighted by Gasteiger charge is 2.51. The van der Waals surface area contributed by atoms with E-state index < -0.39 is 5.54 Å². The Labute approximate surface area is 144 Å². The van der Waals surface area contributed by atoms with E-state index in [0.717, 1.165) is 37.0 Å². The third kappa shape index (κ3) is 4.41. The Morgan fingerprint density at radius 3 is 2.08 bits per heavy atom. The molecular weight excluding hydrogens is 304 g/mol. The number of carbonyl (C=O) groups is 2. The van der Waals surface area contributed by atoms with Gasteiger partial charge in [0.05, 0.1) is 0 Å². The van der Waals surface area contributed by atoms with E-state index in [9.17, 15) is 9.59 Å². The van der Waals surface area contributed by atoms with Gasteiger partial charge in [-0.15, -0.1) is 0 Å². The van der Waals surface area contributed by atoms with Crippen molar-refractivity contribution in [1.82, 2.24) is 16.0 Å².